The number of hydrogen-bond donors (Lipinski definition) is 1. The highest BCUT2D eigenvalue weighted by atomic mass is 16.4. The Balaban J connectivity index is 1.73. The molecule has 112 valence electrons. The monoisotopic (exact) mass is 289 g/mol. The van der Waals surface area contributed by atoms with E-state index in [9.17, 15) is 4.79 Å². The summed E-state index contributed by atoms with van der Waals surface area (Å²) in [6.45, 7) is 2.16. The molecule has 0 aromatic carbocycles. The number of aromatic nitrogens is 5. The maximum absolute atomic E-state index is 11.0. The van der Waals surface area contributed by atoms with Gasteiger partial charge in [-0.05, 0) is 25.8 Å². The van der Waals surface area contributed by atoms with E-state index in [2.05, 4.69) is 15.4 Å². The Morgan fingerprint density at radius 3 is 2.81 bits per heavy atom. The average Bonchev–Trinajstić information content (AvgIpc) is 3.08. The summed E-state index contributed by atoms with van der Waals surface area (Å²) in [5, 5.41) is 21.2. The van der Waals surface area contributed by atoms with Gasteiger partial charge in [0.25, 0.3) is 0 Å². The predicted molar refractivity (Wildman–Crippen MR) is 75.2 cm³/mol. The van der Waals surface area contributed by atoms with Gasteiger partial charge in [0.15, 0.2) is 5.69 Å². The molecule has 2 heterocycles. The standard InChI is InChI=1S/C14H19N5O2/c1-10-13(14(20)21)15-17-19(10)9-11-7-8-18(16-11)12-5-3-2-4-6-12/h7-8,12H,2-6,9H2,1H3,(H,20,21). The number of hydrogen-bond acceptors (Lipinski definition) is 4. The summed E-state index contributed by atoms with van der Waals surface area (Å²) in [4.78, 5) is 11.0. The molecule has 0 unspecified atom stereocenters. The van der Waals surface area contributed by atoms with Crippen LogP contribution in [0.2, 0.25) is 0 Å². The van der Waals surface area contributed by atoms with Gasteiger partial charge in [-0.1, -0.05) is 24.5 Å². The summed E-state index contributed by atoms with van der Waals surface area (Å²) >= 11 is 0. The average molecular weight is 289 g/mol. The second-order valence-electron chi connectivity index (χ2n) is 5.57. The zero-order valence-corrected chi connectivity index (χ0v) is 12.1. The summed E-state index contributed by atoms with van der Waals surface area (Å²) in [6, 6.07) is 2.47. The lowest BCUT2D eigenvalue weighted by atomic mass is 9.96. The molecule has 21 heavy (non-hydrogen) atoms. The lowest BCUT2D eigenvalue weighted by molar-refractivity contribution is 0.0689. The van der Waals surface area contributed by atoms with Crippen LogP contribution in [0.15, 0.2) is 12.3 Å². The Kier molecular flexibility index (Phi) is 3.72. The van der Waals surface area contributed by atoms with Crippen LogP contribution in [0.25, 0.3) is 0 Å². The minimum atomic E-state index is -1.05. The Hall–Kier alpha value is -2.18. The third-order valence-corrected chi connectivity index (χ3v) is 4.11. The second-order valence-corrected chi connectivity index (χ2v) is 5.57. The highest BCUT2D eigenvalue weighted by Gasteiger charge is 2.18. The van der Waals surface area contributed by atoms with Gasteiger partial charge < -0.3 is 5.11 Å². The molecule has 1 N–H and O–H groups in total. The van der Waals surface area contributed by atoms with Crippen molar-refractivity contribution in [2.75, 3.05) is 0 Å². The lowest BCUT2D eigenvalue weighted by Gasteiger charge is -2.21. The molecule has 0 atom stereocenters. The Morgan fingerprint density at radius 2 is 2.14 bits per heavy atom. The molecule has 7 heteroatoms. The van der Waals surface area contributed by atoms with Gasteiger partial charge in [-0.25, -0.2) is 9.48 Å². The smallest absolute Gasteiger partial charge is 0.358 e. The molecule has 2 aromatic heterocycles. The van der Waals surface area contributed by atoms with Gasteiger partial charge in [0.2, 0.25) is 0 Å². The molecule has 1 saturated carbocycles. The Bertz CT molecular complexity index is 640. The van der Waals surface area contributed by atoms with Crippen molar-refractivity contribution in [3.8, 4) is 0 Å². The van der Waals surface area contributed by atoms with Gasteiger partial charge >= 0.3 is 5.97 Å². The first-order chi connectivity index (χ1) is 10.1. The van der Waals surface area contributed by atoms with E-state index in [4.69, 9.17) is 5.11 Å². The van der Waals surface area contributed by atoms with Crippen molar-refractivity contribution < 1.29 is 9.90 Å². The third kappa shape index (κ3) is 2.81. The zero-order chi connectivity index (χ0) is 14.8. The second kappa shape index (κ2) is 5.67. The topological polar surface area (TPSA) is 85.8 Å². The molecule has 0 spiro atoms. The summed E-state index contributed by atoms with van der Waals surface area (Å²) in [6.07, 6.45) is 8.24. The first kappa shape index (κ1) is 13.8. The van der Waals surface area contributed by atoms with Crippen molar-refractivity contribution in [2.24, 2.45) is 0 Å². The van der Waals surface area contributed by atoms with E-state index in [0.29, 0.717) is 18.3 Å². The number of rotatable bonds is 4. The van der Waals surface area contributed by atoms with E-state index in [0.717, 1.165) is 5.69 Å². The van der Waals surface area contributed by atoms with Crippen LogP contribution in [0.4, 0.5) is 0 Å². The van der Waals surface area contributed by atoms with Gasteiger partial charge in [-0.3, -0.25) is 4.68 Å². The molecular weight excluding hydrogens is 270 g/mol. The molecule has 7 nitrogen and oxygen atoms in total. The van der Waals surface area contributed by atoms with E-state index in [1.165, 1.54) is 32.1 Å². The van der Waals surface area contributed by atoms with Gasteiger partial charge in [0.1, 0.15) is 0 Å². The van der Waals surface area contributed by atoms with Crippen molar-refractivity contribution in [3.63, 3.8) is 0 Å². The van der Waals surface area contributed by atoms with Crippen LogP contribution in [-0.2, 0) is 6.54 Å². The molecule has 0 aliphatic heterocycles. The van der Waals surface area contributed by atoms with Crippen LogP contribution >= 0.6 is 0 Å². The number of nitrogens with zero attached hydrogens (tertiary/aromatic N) is 5. The number of carboxylic acids is 1. The minimum absolute atomic E-state index is 0.00159. The van der Waals surface area contributed by atoms with E-state index in [1.807, 2.05) is 16.9 Å². The number of carbonyl (C=O) groups is 1. The maximum Gasteiger partial charge on any atom is 0.358 e. The molecule has 0 bridgehead atoms. The van der Waals surface area contributed by atoms with Gasteiger partial charge in [-0.15, -0.1) is 5.10 Å². The van der Waals surface area contributed by atoms with Crippen LogP contribution in [-0.4, -0.2) is 35.9 Å². The van der Waals surface area contributed by atoms with E-state index in [1.54, 1.807) is 11.6 Å². The van der Waals surface area contributed by atoms with Crippen molar-refractivity contribution in [1.29, 1.82) is 0 Å². The van der Waals surface area contributed by atoms with Crippen LogP contribution in [0.1, 0.15) is 60.0 Å². The van der Waals surface area contributed by atoms with Crippen molar-refractivity contribution in [1.82, 2.24) is 24.8 Å². The number of carboxylic acid groups (broad SMARTS) is 1. The molecule has 3 rings (SSSR count). The highest BCUT2D eigenvalue weighted by Crippen LogP contribution is 2.27. The minimum Gasteiger partial charge on any atom is -0.476 e. The van der Waals surface area contributed by atoms with E-state index < -0.39 is 5.97 Å². The van der Waals surface area contributed by atoms with Gasteiger partial charge in [-0.2, -0.15) is 5.10 Å². The SMILES string of the molecule is Cc1c(C(=O)O)nnn1Cc1ccn(C2CCCCC2)n1. The maximum atomic E-state index is 11.0. The summed E-state index contributed by atoms with van der Waals surface area (Å²) in [5.41, 5.74) is 1.43. The third-order valence-electron chi connectivity index (χ3n) is 4.11. The fourth-order valence-corrected chi connectivity index (χ4v) is 2.87. The van der Waals surface area contributed by atoms with Crippen molar-refractivity contribution in [3.05, 3.63) is 29.3 Å². The summed E-state index contributed by atoms with van der Waals surface area (Å²) < 4.78 is 3.62. The quantitative estimate of drug-likeness (QED) is 0.930. The van der Waals surface area contributed by atoms with Crippen molar-refractivity contribution in [2.45, 2.75) is 51.6 Å². The first-order valence-corrected chi connectivity index (χ1v) is 7.32. The fraction of sp³-hybridized carbons (Fsp3) is 0.571. The Labute approximate surface area is 122 Å². The molecular formula is C14H19N5O2. The molecule has 1 fully saturated rings. The lowest BCUT2D eigenvalue weighted by Crippen LogP contribution is -2.14. The molecule has 1 aliphatic rings. The molecule has 0 radical (unpaired) electrons. The van der Waals surface area contributed by atoms with Crippen LogP contribution in [0.3, 0.4) is 0 Å². The normalized spacial score (nSPS) is 16.2. The zero-order valence-electron chi connectivity index (χ0n) is 12.1. The Morgan fingerprint density at radius 1 is 1.38 bits per heavy atom. The van der Waals surface area contributed by atoms with Crippen molar-refractivity contribution >= 4 is 5.97 Å². The summed E-state index contributed by atoms with van der Waals surface area (Å²) in [5.74, 6) is -1.05. The van der Waals surface area contributed by atoms with Crippen LogP contribution < -0.4 is 0 Å². The fourth-order valence-electron chi connectivity index (χ4n) is 2.87. The molecule has 2 aromatic rings. The first-order valence-electron chi connectivity index (χ1n) is 7.32. The van der Waals surface area contributed by atoms with E-state index in [-0.39, 0.29) is 5.69 Å². The highest BCUT2D eigenvalue weighted by molar-refractivity contribution is 5.86. The van der Waals surface area contributed by atoms with E-state index >= 15 is 0 Å². The predicted octanol–water partition coefficient (Wildman–Crippen LogP) is 2.03. The van der Waals surface area contributed by atoms with Gasteiger partial charge in [0.05, 0.1) is 24.0 Å². The van der Waals surface area contributed by atoms with Crippen LogP contribution in [0, 0.1) is 6.92 Å². The largest absolute Gasteiger partial charge is 0.476 e. The molecule has 0 amide bonds. The number of aromatic carboxylic acids is 1. The summed E-state index contributed by atoms with van der Waals surface area (Å²) in [7, 11) is 0. The van der Waals surface area contributed by atoms with Crippen LogP contribution in [0.5, 0.6) is 0 Å². The van der Waals surface area contributed by atoms with Gasteiger partial charge in [0, 0.05) is 6.20 Å². The molecule has 1 aliphatic carbocycles. The molecule has 0 saturated heterocycles.